The Labute approximate surface area is 119 Å². The highest BCUT2D eigenvalue weighted by atomic mass is 16.5. The molecule has 0 fully saturated rings. The average molecular weight is 277 g/mol. The molecule has 4 aromatic rings. The second-order valence-electron chi connectivity index (χ2n) is 4.68. The summed E-state index contributed by atoms with van der Waals surface area (Å²) in [4.78, 5) is 4.37. The molecule has 21 heavy (non-hydrogen) atoms. The minimum atomic E-state index is 0.351. The zero-order chi connectivity index (χ0) is 14.2. The predicted molar refractivity (Wildman–Crippen MR) is 79.2 cm³/mol. The van der Waals surface area contributed by atoms with Crippen molar-refractivity contribution in [3.8, 4) is 22.8 Å². The first kappa shape index (κ1) is 11.7. The van der Waals surface area contributed by atoms with Gasteiger partial charge in [0.1, 0.15) is 11.4 Å². The molecular weight excluding hydrogens is 266 g/mol. The van der Waals surface area contributed by atoms with Gasteiger partial charge in [-0.05, 0) is 16.8 Å². The van der Waals surface area contributed by atoms with Crippen LogP contribution in [0.4, 0.5) is 5.82 Å². The van der Waals surface area contributed by atoms with Gasteiger partial charge in [-0.25, -0.2) is 0 Å². The third-order valence-corrected chi connectivity index (χ3v) is 3.33. The molecule has 6 heteroatoms. The van der Waals surface area contributed by atoms with Crippen LogP contribution >= 0.6 is 0 Å². The van der Waals surface area contributed by atoms with Gasteiger partial charge in [-0.3, -0.25) is 5.10 Å². The van der Waals surface area contributed by atoms with Gasteiger partial charge in [-0.1, -0.05) is 41.6 Å². The van der Waals surface area contributed by atoms with Crippen LogP contribution in [-0.4, -0.2) is 20.3 Å². The summed E-state index contributed by atoms with van der Waals surface area (Å²) in [5.41, 5.74) is 7.25. The van der Waals surface area contributed by atoms with Crippen molar-refractivity contribution in [2.24, 2.45) is 0 Å². The van der Waals surface area contributed by atoms with Gasteiger partial charge < -0.3 is 10.3 Å². The molecule has 0 saturated carbocycles. The fraction of sp³-hybridized carbons (Fsp3) is 0. The smallest absolute Gasteiger partial charge is 0.263 e. The predicted octanol–water partition coefficient (Wildman–Crippen LogP) is 2.86. The van der Waals surface area contributed by atoms with E-state index < -0.39 is 0 Å². The van der Waals surface area contributed by atoms with Gasteiger partial charge in [0.25, 0.3) is 5.89 Å². The largest absolute Gasteiger partial charge is 0.383 e. The maximum Gasteiger partial charge on any atom is 0.263 e. The van der Waals surface area contributed by atoms with Crippen molar-refractivity contribution < 1.29 is 4.52 Å². The molecule has 0 spiro atoms. The van der Waals surface area contributed by atoms with E-state index in [1.807, 2.05) is 36.4 Å². The molecule has 0 unspecified atom stereocenters. The SMILES string of the molecule is Nc1[nH]ncc1-c1nc(-c2ccc3ccccc3c2)no1. The number of rotatable bonds is 2. The molecule has 0 aliphatic rings. The van der Waals surface area contributed by atoms with Crippen LogP contribution in [0.1, 0.15) is 0 Å². The Morgan fingerprint density at radius 1 is 1.05 bits per heavy atom. The highest BCUT2D eigenvalue weighted by Gasteiger charge is 2.14. The van der Waals surface area contributed by atoms with Crippen molar-refractivity contribution in [3.05, 3.63) is 48.7 Å². The quantitative estimate of drug-likeness (QED) is 0.587. The Balaban J connectivity index is 1.79. The average Bonchev–Trinajstić information content (AvgIpc) is 3.15. The standard InChI is InChI=1S/C15H11N5O/c16-13-12(8-17-19-13)15-18-14(20-21-15)11-6-5-9-3-1-2-4-10(9)7-11/h1-8H,(H3,16,17,19). The highest BCUT2D eigenvalue weighted by Crippen LogP contribution is 2.26. The van der Waals surface area contributed by atoms with Crippen molar-refractivity contribution in [2.45, 2.75) is 0 Å². The molecule has 6 nitrogen and oxygen atoms in total. The molecule has 2 heterocycles. The zero-order valence-corrected chi connectivity index (χ0v) is 10.9. The molecule has 4 rings (SSSR count). The van der Waals surface area contributed by atoms with E-state index in [1.54, 1.807) is 6.20 Å². The van der Waals surface area contributed by atoms with Crippen molar-refractivity contribution >= 4 is 16.6 Å². The Kier molecular flexibility index (Phi) is 2.47. The minimum Gasteiger partial charge on any atom is -0.383 e. The van der Waals surface area contributed by atoms with Crippen molar-refractivity contribution in [3.63, 3.8) is 0 Å². The van der Waals surface area contributed by atoms with E-state index in [1.165, 1.54) is 5.39 Å². The van der Waals surface area contributed by atoms with Gasteiger partial charge in [-0.15, -0.1) is 0 Å². The lowest BCUT2D eigenvalue weighted by Crippen LogP contribution is -1.87. The molecule has 3 N–H and O–H groups in total. The first-order valence-corrected chi connectivity index (χ1v) is 6.43. The topological polar surface area (TPSA) is 93.6 Å². The number of aromatic nitrogens is 4. The summed E-state index contributed by atoms with van der Waals surface area (Å²) < 4.78 is 5.26. The van der Waals surface area contributed by atoms with E-state index in [0.29, 0.717) is 23.1 Å². The third-order valence-electron chi connectivity index (χ3n) is 3.33. The van der Waals surface area contributed by atoms with E-state index >= 15 is 0 Å². The van der Waals surface area contributed by atoms with E-state index in [4.69, 9.17) is 10.3 Å². The summed E-state index contributed by atoms with van der Waals surface area (Å²) in [5.74, 6) is 1.28. The van der Waals surface area contributed by atoms with Crippen LogP contribution in [0.3, 0.4) is 0 Å². The maximum absolute atomic E-state index is 5.75. The van der Waals surface area contributed by atoms with Crippen LogP contribution in [0.25, 0.3) is 33.6 Å². The lowest BCUT2D eigenvalue weighted by molar-refractivity contribution is 0.432. The van der Waals surface area contributed by atoms with Crippen molar-refractivity contribution in [1.82, 2.24) is 20.3 Å². The third kappa shape index (κ3) is 1.93. The summed E-state index contributed by atoms with van der Waals surface area (Å²) in [6.45, 7) is 0. The van der Waals surface area contributed by atoms with Gasteiger partial charge in [0.05, 0.1) is 6.20 Å². The molecule has 0 atom stereocenters. The number of nitrogen functional groups attached to an aromatic ring is 1. The molecule has 0 aliphatic heterocycles. The highest BCUT2D eigenvalue weighted by molar-refractivity contribution is 5.86. The number of hydrogen-bond acceptors (Lipinski definition) is 5. The molecule has 0 aliphatic carbocycles. The number of aromatic amines is 1. The van der Waals surface area contributed by atoms with Crippen LogP contribution in [0.2, 0.25) is 0 Å². The molecule has 0 amide bonds. The van der Waals surface area contributed by atoms with Crippen molar-refractivity contribution in [1.29, 1.82) is 0 Å². The van der Waals surface area contributed by atoms with Crippen LogP contribution < -0.4 is 5.73 Å². The Hall–Kier alpha value is -3.15. The van der Waals surface area contributed by atoms with Gasteiger partial charge >= 0.3 is 0 Å². The Bertz CT molecular complexity index is 924. The molecule has 0 radical (unpaired) electrons. The summed E-state index contributed by atoms with van der Waals surface area (Å²) >= 11 is 0. The van der Waals surface area contributed by atoms with Crippen LogP contribution in [0, 0.1) is 0 Å². The second kappa shape index (κ2) is 4.45. The second-order valence-corrected chi connectivity index (χ2v) is 4.68. The monoisotopic (exact) mass is 277 g/mol. The molecule has 0 bridgehead atoms. The number of nitrogens with zero attached hydrogens (tertiary/aromatic N) is 3. The lowest BCUT2D eigenvalue weighted by atomic mass is 10.1. The van der Waals surface area contributed by atoms with Gasteiger partial charge in [0.2, 0.25) is 5.82 Å². The zero-order valence-electron chi connectivity index (χ0n) is 10.9. The van der Waals surface area contributed by atoms with Crippen LogP contribution in [0.5, 0.6) is 0 Å². The number of fused-ring (bicyclic) bond motifs is 1. The summed E-state index contributed by atoms with van der Waals surface area (Å²) in [5, 5.41) is 12.8. The van der Waals surface area contributed by atoms with Crippen LogP contribution in [-0.2, 0) is 0 Å². The number of anilines is 1. The number of hydrogen-bond donors (Lipinski definition) is 2. The number of benzene rings is 2. The van der Waals surface area contributed by atoms with Gasteiger partial charge in [0, 0.05) is 5.56 Å². The number of nitrogens with one attached hydrogen (secondary N) is 1. The normalized spacial score (nSPS) is 11.0. The lowest BCUT2D eigenvalue weighted by Gasteiger charge is -1.99. The van der Waals surface area contributed by atoms with E-state index in [0.717, 1.165) is 10.9 Å². The molecule has 0 saturated heterocycles. The minimum absolute atomic E-state index is 0.351. The van der Waals surface area contributed by atoms with Crippen molar-refractivity contribution in [2.75, 3.05) is 5.73 Å². The summed E-state index contributed by atoms with van der Waals surface area (Å²) in [6.07, 6.45) is 1.56. The van der Waals surface area contributed by atoms with E-state index in [-0.39, 0.29) is 0 Å². The Morgan fingerprint density at radius 3 is 2.71 bits per heavy atom. The fourth-order valence-corrected chi connectivity index (χ4v) is 2.25. The summed E-state index contributed by atoms with van der Waals surface area (Å²) in [6, 6.07) is 14.2. The summed E-state index contributed by atoms with van der Waals surface area (Å²) in [7, 11) is 0. The maximum atomic E-state index is 5.75. The van der Waals surface area contributed by atoms with Crippen LogP contribution in [0.15, 0.2) is 53.2 Å². The first-order chi connectivity index (χ1) is 10.3. The van der Waals surface area contributed by atoms with E-state index in [9.17, 15) is 0 Å². The first-order valence-electron chi connectivity index (χ1n) is 6.43. The van der Waals surface area contributed by atoms with Gasteiger partial charge in [0.15, 0.2) is 0 Å². The molecule has 2 aromatic carbocycles. The fourth-order valence-electron chi connectivity index (χ4n) is 2.25. The number of nitrogens with two attached hydrogens (primary N) is 1. The Morgan fingerprint density at radius 2 is 1.90 bits per heavy atom. The van der Waals surface area contributed by atoms with E-state index in [2.05, 4.69) is 26.4 Å². The number of H-pyrrole nitrogens is 1. The molecular formula is C15H11N5O. The molecule has 2 aromatic heterocycles. The molecule has 102 valence electrons. The van der Waals surface area contributed by atoms with Gasteiger partial charge in [-0.2, -0.15) is 10.1 Å².